The molecule has 3 rings (SSSR count). The number of nitrogens with zero attached hydrogens (tertiary/aromatic N) is 1. The summed E-state index contributed by atoms with van der Waals surface area (Å²) in [5, 5.41) is 6.90. The van der Waals surface area contributed by atoms with Crippen molar-refractivity contribution >= 4 is 28.0 Å². The number of aromatic nitrogens is 1. The van der Waals surface area contributed by atoms with Crippen LogP contribution in [0.5, 0.6) is 5.75 Å². The number of aryl methyl sites for hydroxylation is 1. The summed E-state index contributed by atoms with van der Waals surface area (Å²) in [6.07, 6.45) is 4.79. The minimum atomic E-state index is -0.0324. The third kappa shape index (κ3) is 5.82. The standard InChI is InChI=1S/C17H19BrN2O3.CO2/c1-11-8-14(23-20-11)10-22-16-7-6-12(9-15(16)18)17(21)19-13-4-2-3-5-13;2-1-3/h6-9,13H,2-5,10H2,1H3,(H,19,21);. The number of hydrogen-bond donors (Lipinski definition) is 1. The van der Waals surface area contributed by atoms with Gasteiger partial charge in [0.1, 0.15) is 12.4 Å². The number of carbonyl (C=O) groups is 1. The molecule has 0 unspecified atom stereocenters. The fourth-order valence-electron chi connectivity index (χ4n) is 2.73. The van der Waals surface area contributed by atoms with Gasteiger partial charge in [0.15, 0.2) is 5.76 Å². The van der Waals surface area contributed by atoms with Gasteiger partial charge in [0.05, 0.1) is 10.2 Å². The Morgan fingerprint density at radius 3 is 2.62 bits per heavy atom. The van der Waals surface area contributed by atoms with Gasteiger partial charge in [-0.2, -0.15) is 9.59 Å². The Morgan fingerprint density at radius 2 is 2.04 bits per heavy atom. The molecule has 1 aromatic carbocycles. The molecule has 1 amide bonds. The highest BCUT2D eigenvalue weighted by Crippen LogP contribution is 2.27. The topological polar surface area (TPSA) is 98.5 Å². The first-order valence-corrected chi connectivity index (χ1v) is 8.97. The molecule has 0 saturated heterocycles. The summed E-state index contributed by atoms with van der Waals surface area (Å²) in [4.78, 5) is 28.5. The molecule has 26 heavy (non-hydrogen) atoms. The van der Waals surface area contributed by atoms with E-state index >= 15 is 0 Å². The molecule has 7 nitrogen and oxygen atoms in total. The van der Waals surface area contributed by atoms with E-state index in [1.807, 2.05) is 13.0 Å². The Morgan fingerprint density at radius 1 is 1.35 bits per heavy atom. The van der Waals surface area contributed by atoms with Gasteiger partial charge in [-0.1, -0.05) is 18.0 Å². The maximum atomic E-state index is 12.3. The van der Waals surface area contributed by atoms with E-state index in [2.05, 4.69) is 26.4 Å². The number of carbonyl (C=O) groups excluding carboxylic acids is 3. The van der Waals surface area contributed by atoms with Gasteiger partial charge >= 0.3 is 6.15 Å². The van der Waals surface area contributed by atoms with Crippen molar-refractivity contribution in [3.8, 4) is 5.75 Å². The number of hydrogen-bond acceptors (Lipinski definition) is 6. The summed E-state index contributed by atoms with van der Waals surface area (Å²) in [7, 11) is 0. The fraction of sp³-hybridized carbons (Fsp3) is 0.389. The van der Waals surface area contributed by atoms with Crippen LogP contribution >= 0.6 is 15.9 Å². The smallest absolute Gasteiger partial charge is 0.373 e. The van der Waals surface area contributed by atoms with Crippen LogP contribution in [-0.2, 0) is 16.2 Å². The van der Waals surface area contributed by atoms with Crippen molar-refractivity contribution in [2.45, 2.75) is 45.3 Å². The first-order chi connectivity index (χ1) is 12.5. The Balaban J connectivity index is 0.000000758. The summed E-state index contributed by atoms with van der Waals surface area (Å²) < 4.78 is 11.5. The average molecular weight is 423 g/mol. The molecule has 1 aliphatic carbocycles. The lowest BCUT2D eigenvalue weighted by atomic mass is 10.1. The second-order valence-electron chi connectivity index (χ2n) is 5.91. The molecule has 1 N–H and O–H groups in total. The second-order valence-corrected chi connectivity index (χ2v) is 6.76. The molecule has 0 aliphatic heterocycles. The highest BCUT2D eigenvalue weighted by atomic mass is 79.9. The maximum absolute atomic E-state index is 12.3. The summed E-state index contributed by atoms with van der Waals surface area (Å²) in [6.45, 7) is 2.16. The normalized spacial score (nSPS) is 13.5. The molecular weight excluding hydrogens is 404 g/mol. The summed E-state index contributed by atoms with van der Waals surface area (Å²) in [5.41, 5.74) is 1.45. The van der Waals surface area contributed by atoms with Gasteiger partial charge in [-0.25, -0.2) is 0 Å². The van der Waals surface area contributed by atoms with Gasteiger partial charge in [0.25, 0.3) is 5.91 Å². The Labute approximate surface area is 159 Å². The van der Waals surface area contributed by atoms with Crippen LogP contribution in [0.25, 0.3) is 0 Å². The fourth-order valence-corrected chi connectivity index (χ4v) is 3.22. The van der Waals surface area contributed by atoms with Gasteiger partial charge in [-0.3, -0.25) is 4.79 Å². The number of nitrogens with one attached hydrogen (secondary N) is 1. The molecule has 0 bridgehead atoms. The van der Waals surface area contributed by atoms with E-state index in [-0.39, 0.29) is 12.1 Å². The molecule has 138 valence electrons. The summed E-state index contributed by atoms with van der Waals surface area (Å²) >= 11 is 3.46. The molecule has 2 aromatic rings. The van der Waals surface area contributed by atoms with Crippen LogP contribution in [0.3, 0.4) is 0 Å². The zero-order valence-corrected chi connectivity index (χ0v) is 15.9. The van der Waals surface area contributed by atoms with Gasteiger partial charge in [-0.05, 0) is 53.9 Å². The van der Waals surface area contributed by atoms with Gasteiger partial charge in [0.2, 0.25) is 0 Å². The van der Waals surface area contributed by atoms with Crippen LogP contribution in [0.2, 0.25) is 0 Å². The predicted octanol–water partition coefficient (Wildman–Crippen LogP) is 3.41. The second kappa shape index (κ2) is 9.89. The van der Waals surface area contributed by atoms with Crippen molar-refractivity contribution in [1.29, 1.82) is 0 Å². The van der Waals surface area contributed by atoms with Crippen molar-refractivity contribution in [3.63, 3.8) is 0 Å². The first kappa shape index (κ1) is 19.9. The van der Waals surface area contributed by atoms with E-state index in [0.29, 0.717) is 29.7 Å². The summed E-state index contributed by atoms with van der Waals surface area (Å²) in [6, 6.07) is 7.49. The minimum absolute atomic E-state index is 0.0324. The molecule has 1 aliphatic rings. The molecule has 0 spiro atoms. The quantitative estimate of drug-likeness (QED) is 0.792. The third-order valence-electron chi connectivity index (χ3n) is 3.93. The van der Waals surface area contributed by atoms with Crippen molar-refractivity contribution < 1.29 is 23.6 Å². The predicted molar refractivity (Wildman–Crippen MR) is 94.4 cm³/mol. The third-order valence-corrected chi connectivity index (χ3v) is 4.55. The zero-order valence-electron chi connectivity index (χ0n) is 14.3. The average Bonchev–Trinajstić information content (AvgIpc) is 3.26. The lowest BCUT2D eigenvalue weighted by Gasteiger charge is -2.13. The Kier molecular flexibility index (Phi) is 7.56. The van der Waals surface area contributed by atoms with Crippen molar-refractivity contribution in [1.82, 2.24) is 10.5 Å². The number of amides is 1. The number of ether oxygens (including phenoxy) is 1. The van der Waals surface area contributed by atoms with E-state index in [9.17, 15) is 4.79 Å². The largest absolute Gasteiger partial charge is 0.484 e. The number of halogens is 1. The van der Waals surface area contributed by atoms with Crippen LogP contribution in [0.1, 0.15) is 47.5 Å². The van der Waals surface area contributed by atoms with Crippen molar-refractivity contribution in [3.05, 3.63) is 45.8 Å². The molecule has 1 saturated carbocycles. The molecule has 0 atom stereocenters. The lowest BCUT2D eigenvalue weighted by molar-refractivity contribution is -0.191. The molecular formula is C18H19BrN2O5. The van der Waals surface area contributed by atoms with Crippen molar-refractivity contribution in [2.75, 3.05) is 0 Å². The number of benzene rings is 1. The van der Waals surface area contributed by atoms with Crippen LogP contribution in [0.15, 0.2) is 33.3 Å². The Hall–Kier alpha value is -2.44. The highest BCUT2D eigenvalue weighted by molar-refractivity contribution is 9.10. The first-order valence-electron chi connectivity index (χ1n) is 8.18. The molecule has 1 fully saturated rings. The van der Waals surface area contributed by atoms with Crippen molar-refractivity contribution in [2.24, 2.45) is 0 Å². The van der Waals surface area contributed by atoms with Crippen LogP contribution in [-0.4, -0.2) is 23.3 Å². The molecule has 1 heterocycles. The molecule has 0 radical (unpaired) electrons. The zero-order chi connectivity index (χ0) is 18.9. The molecule has 8 heteroatoms. The van der Waals surface area contributed by atoms with E-state index in [1.54, 1.807) is 18.2 Å². The Bertz CT molecular complexity index is 778. The number of rotatable bonds is 5. The van der Waals surface area contributed by atoms with Gasteiger partial charge in [0, 0.05) is 17.7 Å². The van der Waals surface area contributed by atoms with Gasteiger partial charge < -0.3 is 14.6 Å². The monoisotopic (exact) mass is 422 g/mol. The SMILES string of the molecule is Cc1cc(COc2ccc(C(=O)NC3CCCC3)cc2Br)on1.O=C=O. The van der Waals surface area contributed by atoms with Gasteiger partial charge in [-0.15, -0.1) is 0 Å². The summed E-state index contributed by atoms with van der Waals surface area (Å²) in [5.74, 6) is 1.30. The van der Waals surface area contributed by atoms with Crippen LogP contribution in [0, 0.1) is 6.92 Å². The van der Waals surface area contributed by atoms with E-state index < -0.39 is 0 Å². The minimum Gasteiger partial charge on any atom is -0.484 e. The lowest BCUT2D eigenvalue weighted by Crippen LogP contribution is -2.32. The highest BCUT2D eigenvalue weighted by Gasteiger charge is 2.18. The van der Waals surface area contributed by atoms with Crippen LogP contribution in [0.4, 0.5) is 0 Å². The molecule has 1 aromatic heterocycles. The maximum Gasteiger partial charge on any atom is 0.373 e. The van der Waals surface area contributed by atoms with E-state index in [4.69, 9.17) is 18.8 Å². The van der Waals surface area contributed by atoms with E-state index in [0.717, 1.165) is 23.0 Å². The van der Waals surface area contributed by atoms with E-state index in [1.165, 1.54) is 12.8 Å². The van der Waals surface area contributed by atoms with Crippen LogP contribution < -0.4 is 10.1 Å².